The van der Waals surface area contributed by atoms with Gasteiger partial charge in [-0.05, 0) is 13.3 Å². The van der Waals surface area contributed by atoms with E-state index in [0.717, 1.165) is 12.8 Å². The van der Waals surface area contributed by atoms with Gasteiger partial charge in [0.15, 0.2) is 0 Å². The molecule has 0 bridgehead atoms. The molecule has 58 valence electrons. The molecule has 0 radical (unpaired) electrons. The average Bonchev–Trinajstić information content (AvgIpc) is 2.40. The predicted octanol–water partition coefficient (Wildman–Crippen LogP) is 3.17. The molecule has 0 spiro atoms. The first-order valence-electron chi connectivity index (χ1n) is 4.06. The summed E-state index contributed by atoms with van der Waals surface area (Å²) in [5.74, 6) is 0. The monoisotopic (exact) mass is 139 g/mol. The fraction of sp³-hybridized carbons (Fsp3) is 0.667. The summed E-state index contributed by atoms with van der Waals surface area (Å²) >= 11 is 0. The van der Waals surface area contributed by atoms with Crippen molar-refractivity contribution in [2.24, 2.45) is 4.99 Å². The highest BCUT2D eigenvalue weighted by molar-refractivity contribution is 5.88. The largest absolute Gasteiger partial charge is 0.263 e. The van der Waals surface area contributed by atoms with Crippen molar-refractivity contribution < 1.29 is 0 Å². The van der Waals surface area contributed by atoms with Gasteiger partial charge in [0.25, 0.3) is 0 Å². The fourth-order valence-electron chi connectivity index (χ4n) is 0.830. The third kappa shape index (κ3) is 2.81. The van der Waals surface area contributed by atoms with Crippen molar-refractivity contribution >= 4 is 5.71 Å². The summed E-state index contributed by atoms with van der Waals surface area (Å²) in [7, 11) is 0. The van der Waals surface area contributed by atoms with Crippen LogP contribution >= 0.6 is 0 Å². The Morgan fingerprint density at radius 3 is 2.30 bits per heavy atom. The molecule has 1 aliphatic rings. The van der Waals surface area contributed by atoms with Crippen LogP contribution in [0.25, 0.3) is 0 Å². The Bertz CT molecular complexity index is 143. The minimum atomic E-state index is 1.09. The van der Waals surface area contributed by atoms with Gasteiger partial charge in [-0.1, -0.05) is 26.8 Å². The van der Waals surface area contributed by atoms with Crippen molar-refractivity contribution in [2.45, 2.75) is 40.5 Å². The number of hydrogen-bond acceptors (Lipinski definition) is 1. The number of aliphatic imine (C=N–C) groups is 1. The van der Waals surface area contributed by atoms with Crippen molar-refractivity contribution in [1.82, 2.24) is 0 Å². The van der Waals surface area contributed by atoms with Crippen molar-refractivity contribution in [3.05, 3.63) is 11.8 Å². The van der Waals surface area contributed by atoms with Crippen molar-refractivity contribution in [2.75, 3.05) is 0 Å². The standard InChI is InChI=1S/C7H11N.C2H6/c1-3-7-5-4-6(2)8-7;1-2/h4H,3,5H2,1-2H3;1-2H3. The lowest BCUT2D eigenvalue weighted by Gasteiger charge is -1.87. The summed E-state index contributed by atoms with van der Waals surface area (Å²) in [6.45, 7) is 8.19. The SMILES string of the molecule is CC.CCC1=NC(C)=CC1. The van der Waals surface area contributed by atoms with E-state index >= 15 is 0 Å². The molecule has 1 heteroatoms. The Labute approximate surface area is 63.9 Å². The third-order valence-corrected chi connectivity index (χ3v) is 1.38. The number of allylic oxidation sites excluding steroid dienone is 2. The van der Waals surface area contributed by atoms with E-state index < -0.39 is 0 Å². The smallest absolute Gasteiger partial charge is 0.0336 e. The lowest BCUT2D eigenvalue weighted by molar-refractivity contribution is 1.23. The summed E-state index contributed by atoms with van der Waals surface area (Å²) in [6, 6.07) is 0. The Kier molecular flexibility index (Phi) is 4.91. The van der Waals surface area contributed by atoms with E-state index in [-0.39, 0.29) is 0 Å². The molecule has 0 aliphatic carbocycles. The second kappa shape index (κ2) is 5.21. The van der Waals surface area contributed by atoms with Crippen molar-refractivity contribution in [1.29, 1.82) is 0 Å². The van der Waals surface area contributed by atoms with Gasteiger partial charge in [-0.15, -0.1) is 0 Å². The van der Waals surface area contributed by atoms with E-state index in [4.69, 9.17) is 0 Å². The summed E-state index contributed by atoms with van der Waals surface area (Å²) in [6.07, 6.45) is 4.36. The highest BCUT2D eigenvalue weighted by Crippen LogP contribution is 2.10. The van der Waals surface area contributed by atoms with Gasteiger partial charge < -0.3 is 0 Å². The van der Waals surface area contributed by atoms with Crippen LogP contribution in [0.1, 0.15) is 40.5 Å². The maximum atomic E-state index is 4.28. The first-order valence-corrected chi connectivity index (χ1v) is 4.06. The Hall–Kier alpha value is -0.590. The molecule has 1 heterocycles. The topological polar surface area (TPSA) is 12.4 Å². The molecule has 0 aromatic rings. The highest BCUT2D eigenvalue weighted by Gasteiger charge is 2.00. The molecule has 0 aromatic carbocycles. The highest BCUT2D eigenvalue weighted by atomic mass is 14.8. The van der Waals surface area contributed by atoms with Crippen LogP contribution in [0.4, 0.5) is 0 Å². The van der Waals surface area contributed by atoms with Gasteiger partial charge in [-0.3, -0.25) is 4.99 Å². The first kappa shape index (κ1) is 9.41. The molecule has 0 saturated heterocycles. The van der Waals surface area contributed by atoms with Crippen LogP contribution in [0.15, 0.2) is 16.8 Å². The van der Waals surface area contributed by atoms with Gasteiger partial charge >= 0.3 is 0 Å². The van der Waals surface area contributed by atoms with Crippen LogP contribution in [-0.4, -0.2) is 5.71 Å². The molecule has 0 saturated carbocycles. The zero-order valence-electron chi connectivity index (χ0n) is 7.44. The van der Waals surface area contributed by atoms with E-state index in [1.165, 1.54) is 11.4 Å². The lowest BCUT2D eigenvalue weighted by Crippen LogP contribution is -1.86. The molecule has 1 aliphatic heterocycles. The predicted molar refractivity (Wildman–Crippen MR) is 47.4 cm³/mol. The normalized spacial score (nSPS) is 15.2. The van der Waals surface area contributed by atoms with Gasteiger partial charge in [-0.25, -0.2) is 0 Å². The minimum absolute atomic E-state index is 1.09. The van der Waals surface area contributed by atoms with E-state index in [2.05, 4.69) is 18.0 Å². The van der Waals surface area contributed by atoms with Gasteiger partial charge in [0.1, 0.15) is 0 Å². The second-order valence-electron chi connectivity index (χ2n) is 2.08. The van der Waals surface area contributed by atoms with Gasteiger partial charge in [0.2, 0.25) is 0 Å². The zero-order chi connectivity index (χ0) is 7.98. The summed E-state index contributed by atoms with van der Waals surface area (Å²) in [5, 5.41) is 0. The Morgan fingerprint density at radius 2 is 2.10 bits per heavy atom. The van der Waals surface area contributed by atoms with Gasteiger partial charge in [0.05, 0.1) is 0 Å². The van der Waals surface area contributed by atoms with Crippen LogP contribution in [-0.2, 0) is 0 Å². The molecule has 0 aromatic heterocycles. The molecule has 1 nitrogen and oxygen atoms in total. The molecule has 0 N–H and O–H groups in total. The van der Waals surface area contributed by atoms with E-state index in [0.29, 0.717) is 0 Å². The van der Waals surface area contributed by atoms with Crippen molar-refractivity contribution in [3.63, 3.8) is 0 Å². The van der Waals surface area contributed by atoms with Crippen LogP contribution in [0.2, 0.25) is 0 Å². The number of nitrogens with zero attached hydrogens (tertiary/aromatic N) is 1. The number of hydrogen-bond donors (Lipinski definition) is 0. The van der Waals surface area contributed by atoms with Crippen LogP contribution in [0.3, 0.4) is 0 Å². The maximum absolute atomic E-state index is 4.28. The van der Waals surface area contributed by atoms with E-state index in [1.54, 1.807) is 0 Å². The second-order valence-corrected chi connectivity index (χ2v) is 2.08. The third-order valence-electron chi connectivity index (χ3n) is 1.38. The number of rotatable bonds is 1. The summed E-state index contributed by atoms with van der Waals surface area (Å²) < 4.78 is 0. The molecule has 0 fully saturated rings. The average molecular weight is 139 g/mol. The molecular weight excluding hydrogens is 122 g/mol. The van der Waals surface area contributed by atoms with E-state index in [9.17, 15) is 0 Å². The minimum Gasteiger partial charge on any atom is -0.263 e. The Morgan fingerprint density at radius 1 is 1.50 bits per heavy atom. The molecule has 1 rings (SSSR count). The fourth-order valence-corrected chi connectivity index (χ4v) is 0.830. The van der Waals surface area contributed by atoms with Crippen LogP contribution in [0.5, 0.6) is 0 Å². The summed E-state index contributed by atoms with van der Waals surface area (Å²) in [5.41, 5.74) is 2.50. The molecule has 0 unspecified atom stereocenters. The summed E-state index contributed by atoms with van der Waals surface area (Å²) in [4.78, 5) is 4.28. The molecular formula is C9H17N. The molecule has 0 amide bonds. The van der Waals surface area contributed by atoms with Crippen molar-refractivity contribution in [3.8, 4) is 0 Å². The molecule has 0 atom stereocenters. The quantitative estimate of drug-likeness (QED) is 0.529. The zero-order valence-corrected chi connectivity index (χ0v) is 7.44. The van der Waals surface area contributed by atoms with Crippen LogP contribution in [0, 0.1) is 0 Å². The van der Waals surface area contributed by atoms with Crippen LogP contribution < -0.4 is 0 Å². The lowest BCUT2D eigenvalue weighted by atomic mass is 10.2. The van der Waals surface area contributed by atoms with Gasteiger partial charge in [0, 0.05) is 17.8 Å². The maximum Gasteiger partial charge on any atom is 0.0336 e. The van der Waals surface area contributed by atoms with E-state index in [1.807, 2.05) is 20.8 Å². The first-order chi connectivity index (χ1) is 4.83. The Balaban J connectivity index is 0.000000371. The molecule has 10 heavy (non-hydrogen) atoms. The van der Waals surface area contributed by atoms with Gasteiger partial charge in [-0.2, -0.15) is 0 Å².